The van der Waals surface area contributed by atoms with E-state index in [-0.39, 0.29) is 18.6 Å². The van der Waals surface area contributed by atoms with E-state index in [1.807, 2.05) is 68.5 Å². The van der Waals surface area contributed by atoms with Crippen LogP contribution in [0.4, 0.5) is 10.5 Å². The summed E-state index contributed by atoms with van der Waals surface area (Å²) in [5.74, 6) is 0.454. The van der Waals surface area contributed by atoms with Crippen LogP contribution in [0.1, 0.15) is 38.4 Å². The summed E-state index contributed by atoms with van der Waals surface area (Å²) in [5.41, 5.74) is 5.37. The normalized spacial score (nSPS) is 15.3. The third-order valence-electron chi connectivity index (χ3n) is 6.78. The van der Waals surface area contributed by atoms with Crippen LogP contribution in [0.15, 0.2) is 54.7 Å². The van der Waals surface area contributed by atoms with Crippen molar-refractivity contribution in [1.29, 1.82) is 0 Å². The summed E-state index contributed by atoms with van der Waals surface area (Å²) in [7, 11) is 0. The molecule has 4 aromatic rings. The molecule has 3 heterocycles. The first-order valence-corrected chi connectivity index (χ1v) is 13.3. The van der Waals surface area contributed by atoms with Crippen molar-refractivity contribution in [2.75, 3.05) is 19.7 Å². The van der Waals surface area contributed by atoms with Gasteiger partial charge in [-0.15, -0.1) is 0 Å². The van der Waals surface area contributed by atoms with E-state index in [2.05, 4.69) is 9.83 Å². The van der Waals surface area contributed by atoms with Gasteiger partial charge in [-0.05, 0) is 39.7 Å². The summed E-state index contributed by atoms with van der Waals surface area (Å²) in [6, 6.07) is 15.4. The van der Waals surface area contributed by atoms with E-state index in [9.17, 15) is 9.90 Å². The Labute approximate surface area is 233 Å². The van der Waals surface area contributed by atoms with E-state index < -0.39 is 5.60 Å². The van der Waals surface area contributed by atoms with Crippen LogP contribution in [0.25, 0.3) is 33.0 Å². The van der Waals surface area contributed by atoms with Gasteiger partial charge in [-0.2, -0.15) is 0 Å². The quantitative estimate of drug-likeness (QED) is 0.300. The van der Waals surface area contributed by atoms with E-state index in [4.69, 9.17) is 21.0 Å². The van der Waals surface area contributed by atoms with Crippen molar-refractivity contribution < 1.29 is 19.4 Å². The minimum Gasteiger partial charge on any atom is -0.475 e. The Morgan fingerprint density at radius 1 is 1.10 bits per heavy atom. The molecule has 5 rings (SSSR count). The molecule has 1 saturated heterocycles. The molecule has 1 fully saturated rings. The second-order valence-corrected chi connectivity index (χ2v) is 11.1. The van der Waals surface area contributed by atoms with Crippen molar-refractivity contribution in [2.45, 2.75) is 46.3 Å². The largest absolute Gasteiger partial charge is 0.475 e. The number of carbonyl (C=O) groups excluding carboxylic acids is 1. The predicted octanol–water partition coefficient (Wildman–Crippen LogP) is 6.05. The van der Waals surface area contributed by atoms with Gasteiger partial charge in [-0.1, -0.05) is 54.1 Å². The monoisotopic (exact) mass is 539 g/mol. The summed E-state index contributed by atoms with van der Waals surface area (Å²) in [6.45, 7) is 16.2. The maximum Gasteiger partial charge on any atom is 0.410 e. The summed E-state index contributed by atoms with van der Waals surface area (Å²) >= 11 is 0. The first-order valence-electron chi connectivity index (χ1n) is 13.3. The lowest BCUT2D eigenvalue weighted by Crippen LogP contribution is -2.35. The number of aryl methyl sites for hydroxylation is 1. The number of amides is 1. The molecule has 0 saturated carbocycles. The van der Waals surface area contributed by atoms with Gasteiger partial charge in [-0.25, -0.2) is 19.6 Å². The van der Waals surface area contributed by atoms with Gasteiger partial charge >= 0.3 is 6.09 Å². The number of carbonyl (C=O) groups is 1. The highest BCUT2D eigenvalue weighted by Gasteiger charge is 2.31. The molecule has 206 valence electrons. The fourth-order valence-corrected chi connectivity index (χ4v) is 4.78. The lowest BCUT2D eigenvalue weighted by atomic mass is 10.0. The van der Waals surface area contributed by atoms with Gasteiger partial charge in [0, 0.05) is 30.8 Å². The molecule has 1 aliphatic rings. The summed E-state index contributed by atoms with van der Waals surface area (Å²) in [5, 5.41) is 9.92. The van der Waals surface area contributed by atoms with E-state index in [0.717, 1.165) is 28.8 Å². The van der Waals surface area contributed by atoms with E-state index >= 15 is 0 Å². The predicted molar refractivity (Wildman–Crippen MR) is 152 cm³/mol. The van der Waals surface area contributed by atoms with Gasteiger partial charge in [0.05, 0.1) is 36.9 Å². The second-order valence-electron chi connectivity index (χ2n) is 11.1. The van der Waals surface area contributed by atoms with Crippen LogP contribution >= 0.6 is 0 Å². The van der Waals surface area contributed by atoms with Crippen LogP contribution in [0.2, 0.25) is 0 Å². The van der Waals surface area contributed by atoms with Crippen LogP contribution in [0.5, 0.6) is 5.88 Å². The molecule has 2 aromatic carbocycles. The number of hydrogen-bond acceptors (Lipinski definition) is 6. The van der Waals surface area contributed by atoms with Gasteiger partial charge in [0.15, 0.2) is 5.69 Å². The Morgan fingerprint density at radius 2 is 1.80 bits per heavy atom. The third kappa shape index (κ3) is 5.77. The lowest BCUT2D eigenvalue weighted by molar-refractivity contribution is 0.0284. The van der Waals surface area contributed by atoms with Gasteiger partial charge in [0.1, 0.15) is 5.60 Å². The summed E-state index contributed by atoms with van der Waals surface area (Å²) in [4.78, 5) is 27.3. The number of hydrogen-bond donors (Lipinski definition) is 1. The maximum atomic E-state index is 12.5. The Kier molecular flexibility index (Phi) is 7.46. The van der Waals surface area contributed by atoms with Gasteiger partial charge in [0.2, 0.25) is 5.65 Å². The number of rotatable bonds is 6. The number of benzene rings is 2. The van der Waals surface area contributed by atoms with Crippen LogP contribution < -0.4 is 4.74 Å². The highest BCUT2D eigenvalue weighted by molar-refractivity contribution is 5.82. The molecule has 0 unspecified atom stereocenters. The number of imidazole rings is 1. The van der Waals surface area contributed by atoms with E-state index in [0.29, 0.717) is 48.3 Å². The van der Waals surface area contributed by atoms with Gasteiger partial charge < -0.3 is 19.5 Å². The van der Waals surface area contributed by atoms with Gasteiger partial charge in [0.25, 0.3) is 5.88 Å². The fraction of sp³-hybridized carbons (Fsp3) is 0.355. The molecule has 0 radical (unpaired) electrons. The molecule has 2 aromatic heterocycles. The molecule has 1 amide bonds. The Balaban J connectivity index is 1.52. The van der Waals surface area contributed by atoms with Crippen molar-refractivity contribution in [2.24, 2.45) is 5.92 Å². The molecular formula is C31H33N5O4. The Morgan fingerprint density at radius 3 is 2.45 bits per heavy atom. The molecule has 1 atom stereocenters. The molecule has 0 aliphatic carbocycles. The molecule has 0 spiro atoms. The number of nitrogens with zero attached hydrogens (tertiary/aromatic N) is 5. The van der Waals surface area contributed by atoms with Crippen molar-refractivity contribution >= 4 is 17.4 Å². The zero-order valence-electron chi connectivity index (χ0n) is 23.2. The van der Waals surface area contributed by atoms with Crippen LogP contribution in [0.3, 0.4) is 0 Å². The number of fused-ring (bicyclic) bond motifs is 1. The lowest BCUT2D eigenvalue weighted by Gasteiger charge is -2.24. The number of aliphatic hydroxyl groups is 1. The topological polar surface area (TPSA) is 93.5 Å². The minimum absolute atomic E-state index is 0.111. The second kappa shape index (κ2) is 11.0. The highest BCUT2D eigenvalue weighted by atomic mass is 16.6. The summed E-state index contributed by atoms with van der Waals surface area (Å²) in [6.07, 6.45) is 2.28. The van der Waals surface area contributed by atoms with Crippen molar-refractivity contribution in [3.8, 4) is 28.4 Å². The van der Waals surface area contributed by atoms with Crippen molar-refractivity contribution in [3.05, 3.63) is 77.4 Å². The number of aliphatic hydroxyl groups excluding tert-OH is 1. The minimum atomic E-state index is -0.547. The van der Waals surface area contributed by atoms with Gasteiger partial charge in [-0.3, -0.25) is 4.40 Å². The van der Waals surface area contributed by atoms with Crippen LogP contribution in [0, 0.1) is 19.4 Å². The third-order valence-corrected chi connectivity index (χ3v) is 6.78. The van der Waals surface area contributed by atoms with Crippen LogP contribution in [-0.2, 0) is 11.3 Å². The first-order chi connectivity index (χ1) is 19.1. The highest BCUT2D eigenvalue weighted by Crippen LogP contribution is 2.36. The Hall–Kier alpha value is -4.42. The zero-order chi connectivity index (χ0) is 28.4. The molecule has 1 N–H and O–H groups in total. The SMILES string of the molecule is [C-]#[N+]c1ccc(-c2nc(OC[C@@H]3CCN(C(=O)OC(C)(C)C)C3)c3nc(CO)cn3c2-c2ccc(C)cc2)cc1. The van der Waals surface area contributed by atoms with E-state index in [1.165, 1.54) is 0 Å². The Bertz CT molecular complexity index is 1560. The number of aromatic nitrogens is 3. The molecular weight excluding hydrogens is 506 g/mol. The maximum absolute atomic E-state index is 12.5. The average molecular weight is 540 g/mol. The standard InChI is InChI=1S/C31H33N5O4/c1-20-6-8-23(9-7-20)27-26(22-10-12-24(32-5)13-11-22)34-29(28-33-25(18-37)17-36(27)28)39-19-21-14-15-35(16-21)30(38)40-31(2,3)4/h6-13,17,21,37H,14-16,18-19H2,1-4H3/t21-/m1/s1. The van der Waals surface area contributed by atoms with E-state index in [1.54, 1.807) is 23.2 Å². The van der Waals surface area contributed by atoms with Crippen molar-refractivity contribution in [3.63, 3.8) is 0 Å². The average Bonchev–Trinajstić information content (AvgIpc) is 3.59. The molecule has 0 bridgehead atoms. The molecule has 1 aliphatic heterocycles. The smallest absolute Gasteiger partial charge is 0.410 e. The van der Waals surface area contributed by atoms with Crippen molar-refractivity contribution in [1.82, 2.24) is 19.3 Å². The molecule has 9 nitrogen and oxygen atoms in total. The summed E-state index contributed by atoms with van der Waals surface area (Å²) < 4.78 is 13.7. The number of likely N-dealkylation sites (tertiary alicyclic amines) is 1. The zero-order valence-corrected chi connectivity index (χ0v) is 23.2. The number of ether oxygens (including phenoxy) is 2. The fourth-order valence-electron chi connectivity index (χ4n) is 4.78. The molecule has 9 heteroatoms. The first kappa shape index (κ1) is 27.2. The molecule has 40 heavy (non-hydrogen) atoms. The van der Waals surface area contributed by atoms with Crippen LogP contribution in [-0.4, -0.2) is 55.8 Å².